The van der Waals surface area contributed by atoms with E-state index in [-0.39, 0.29) is 0 Å². The number of hydrogen-bond donors (Lipinski definition) is 0. The van der Waals surface area contributed by atoms with Crippen molar-refractivity contribution in [3.8, 4) is 0 Å². The van der Waals surface area contributed by atoms with Crippen LogP contribution in [-0.4, -0.2) is 25.2 Å². The number of benzene rings is 7. The van der Waals surface area contributed by atoms with E-state index in [9.17, 15) is 0 Å². The summed E-state index contributed by atoms with van der Waals surface area (Å²) in [5.41, 5.74) is 0. The highest BCUT2D eigenvalue weighted by atomic mass is 28.5. The third-order valence-electron chi connectivity index (χ3n) is 11.5. The van der Waals surface area contributed by atoms with E-state index < -0.39 is 25.2 Å². The minimum Gasteiger partial charge on any atom is -0.422 e. The molecule has 0 saturated carbocycles. The SMILES string of the molecule is [CH2]CCCCCCCCCC[Si](O[Si](O[Si](c1ccccc1)(c1ccccc1)c1ccccc1)(c1ccccc1)c1ccccc1)(c1ccccc1)c1ccccc1. The lowest BCUT2D eigenvalue weighted by atomic mass is 10.1. The third kappa shape index (κ3) is 9.36. The van der Waals surface area contributed by atoms with Gasteiger partial charge in [-0.1, -0.05) is 277 Å². The molecular weight excluding hydrogens is 753 g/mol. The van der Waals surface area contributed by atoms with E-state index in [1.165, 1.54) is 70.9 Å². The summed E-state index contributed by atoms with van der Waals surface area (Å²) in [6, 6.07) is 78.2. The van der Waals surface area contributed by atoms with E-state index in [2.05, 4.69) is 219 Å². The first-order valence-electron chi connectivity index (χ1n) is 21.3. The van der Waals surface area contributed by atoms with E-state index in [0.29, 0.717) is 0 Å². The molecule has 0 heterocycles. The van der Waals surface area contributed by atoms with Gasteiger partial charge in [-0.3, -0.25) is 0 Å². The summed E-state index contributed by atoms with van der Waals surface area (Å²) in [4.78, 5) is 0. The lowest BCUT2D eigenvalue weighted by Crippen LogP contribution is -2.81. The molecule has 0 N–H and O–H groups in total. The average Bonchev–Trinajstić information content (AvgIpc) is 3.31. The molecule has 0 atom stereocenters. The molecule has 1 radical (unpaired) electrons. The molecular formula is C53H57O2Si3. The van der Waals surface area contributed by atoms with Crippen LogP contribution in [0.2, 0.25) is 6.04 Å². The van der Waals surface area contributed by atoms with Gasteiger partial charge in [0.2, 0.25) is 8.32 Å². The molecule has 0 unspecified atom stereocenters. The Bertz CT molecular complexity index is 2010. The molecule has 0 aliphatic heterocycles. The van der Waals surface area contributed by atoms with Crippen LogP contribution in [0.5, 0.6) is 0 Å². The summed E-state index contributed by atoms with van der Waals surface area (Å²) in [6.07, 6.45) is 10.9. The van der Waals surface area contributed by atoms with Crippen molar-refractivity contribution in [3.05, 3.63) is 219 Å². The summed E-state index contributed by atoms with van der Waals surface area (Å²) in [5, 5.41) is 8.39. The largest absolute Gasteiger partial charge is 0.422 e. The first-order chi connectivity index (χ1) is 28.7. The zero-order valence-electron chi connectivity index (χ0n) is 33.8. The number of rotatable bonds is 21. The molecule has 7 aromatic carbocycles. The van der Waals surface area contributed by atoms with Gasteiger partial charge in [0.05, 0.1) is 0 Å². The normalized spacial score (nSPS) is 12.0. The zero-order valence-corrected chi connectivity index (χ0v) is 36.8. The second-order valence-corrected chi connectivity index (χ2v) is 25.7. The van der Waals surface area contributed by atoms with Gasteiger partial charge in [0, 0.05) is 0 Å². The fourth-order valence-corrected chi connectivity index (χ4v) is 25.1. The van der Waals surface area contributed by atoms with Gasteiger partial charge in [-0.2, -0.15) is 0 Å². The van der Waals surface area contributed by atoms with Crippen molar-refractivity contribution < 1.29 is 8.23 Å². The first-order valence-corrected chi connectivity index (χ1v) is 27.1. The Morgan fingerprint density at radius 3 is 0.897 bits per heavy atom. The lowest BCUT2D eigenvalue weighted by molar-refractivity contribution is 0.422. The molecule has 0 aliphatic carbocycles. The van der Waals surface area contributed by atoms with E-state index in [0.717, 1.165) is 29.3 Å². The van der Waals surface area contributed by atoms with Gasteiger partial charge in [-0.25, -0.2) is 0 Å². The Labute approximate surface area is 351 Å². The van der Waals surface area contributed by atoms with Crippen molar-refractivity contribution in [2.24, 2.45) is 0 Å². The van der Waals surface area contributed by atoms with Crippen LogP contribution in [-0.2, 0) is 8.23 Å². The van der Waals surface area contributed by atoms with E-state index in [1.807, 2.05) is 0 Å². The minimum atomic E-state index is -3.71. The van der Waals surface area contributed by atoms with Crippen LogP contribution in [0.15, 0.2) is 212 Å². The Morgan fingerprint density at radius 1 is 0.293 bits per heavy atom. The van der Waals surface area contributed by atoms with Crippen molar-refractivity contribution in [3.63, 3.8) is 0 Å². The van der Waals surface area contributed by atoms with Gasteiger partial charge in [-0.05, 0) is 42.4 Å². The molecule has 0 aromatic heterocycles. The molecule has 5 heteroatoms. The maximum Gasteiger partial charge on any atom is 0.387 e. The molecule has 58 heavy (non-hydrogen) atoms. The molecule has 0 amide bonds. The Kier molecular flexibility index (Phi) is 14.7. The molecule has 0 aliphatic rings. The molecule has 2 nitrogen and oxygen atoms in total. The van der Waals surface area contributed by atoms with Gasteiger partial charge in [0.1, 0.15) is 0 Å². The minimum absolute atomic E-state index is 0.955. The summed E-state index contributed by atoms with van der Waals surface area (Å²) in [6.45, 7) is 4.03. The molecule has 0 spiro atoms. The van der Waals surface area contributed by atoms with Gasteiger partial charge in [0.25, 0.3) is 8.32 Å². The van der Waals surface area contributed by atoms with Crippen molar-refractivity contribution in [2.45, 2.75) is 63.8 Å². The van der Waals surface area contributed by atoms with Crippen LogP contribution in [0.25, 0.3) is 0 Å². The van der Waals surface area contributed by atoms with E-state index >= 15 is 0 Å². The molecule has 0 saturated heterocycles. The molecule has 0 bridgehead atoms. The lowest BCUT2D eigenvalue weighted by Gasteiger charge is -2.47. The Hall–Kier alpha value is -4.89. The number of unbranched alkanes of at least 4 members (excludes halogenated alkanes) is 8. The third-order valence-corrected chi connectivity index (χ3v) is 25.6. The van der Waals surface area contributed by atoms with Crippen molar-refractivity contribution in [1.82, 2.24) is 0 Å². The van der Waals surface area contributed by atoms with Gasteiger partial charge >= 0.3 is 8.56 Å². The van der Waals surface area contributed by atoms with Crippen molar-refractivity contribution >= 4 is 61.5 Å². The fraction of sp³-hybridized carbons (Fsp3) is 0.189. The van der Waals surface area contributed by atoms with Crippen LogP contribution in [0.1, 0.15) is 57.8 Å². The van der Waals surface area contributed by atoms with Crippen molar-refractivity contribution in [1.29, 1.82) is 0 Å². The maximum absolute atomic E-state index is 8.65. The van der Waals surface area contributed by atoms with Gasteiger partial charge < -0.3 is 8.23 Å². The highest BCUT2D eigenvalue weighted by Gasteiger charge is 2.58. The fourth-order valence-electron chi connectivity index (χ4n) is 8.55. The first kappa shape index (κ1) is 41.3. The Morgan fingerprint density at radius 2 is 0.569 bits per heavy atom. The van der Waals surface area contributed by atoms with Gasteiger partial charge in [-0.15, -0.1) is 0 Å². The second-order valence-electron chi connectivity index (χ2n) is 15.3. The summed E-state index contributed by atoms with van der Waals surface area (Å²) >= 11 is 0. The van der Waals surface area contributed by atoms with Crippen LogP contribution in [0.3, 0.4) is 0 Å². The summed E-state index contributed by atoms with van der Waals surface area (Å²) in [7, 11) is -10.1. The molecule has 7 rings (SSSR count). The summed E-state index contributed by atoms with van der Waals surface area (Å²) in [5.74, 6) is 0. The zero-order chi connectivity index (χ0) is 39.8. The smallest absolute Gasteiger partial charge is 0.387 e. The molecule has 0 fully saturated rings. The standard InChI is InChI=1S/C53H57O2Si3/c1-2-3-4-5-6-7-8-9-31-46-56(47-32-17-10-18-33-47,48-34-19-11-20-35-48)54-58(52-42-27-15-28-43-52,53-44-29-16-30-45-53)55-57(49-36-21-12-22-37-49,50-38-23-13-24-39-50)51-40-25-14-26-41-51/h10-30,32-45H,1-9,31,46H2. The van der Waals surface area contributed by atoms with Crippen LogP contribution in [0.4, 0.5) is 0 Å². The molecule has 293 valence electrons. The van der Waals surface area contributed by atoms with Crippen LogP contribution < -0.4 is 36.3 Å². The monoisotopic (exact) mass is 809 g/mol. The van der Waals surface area contributed by atoms with Crippen LogP contribution >= 0.6 is 0 Å². The topological polar surface area (TPSA) is 18.5 Å². The van der Waals surface area contributed by atoms with Crippen molar-refractivity contribution in [2.75, 3.05) is 0 Å². The Balaban J connectivity index is 1.47. The second kappa shape index (κ2) is 20.7. The number of hydrogen-bond acceptors (Lipinski definition) is 2. The highest BCUT2D eigenvalue weighted by molar-refractivity contribution is 7.15. The predicted octanol–water partition coefficient (Wildman–Crippen LogP) is 9.05. The highest BCUT2D eigenvalue weighted by Crippen LogP contribution is 2.27. The average molecular weight is 810 g/mol. The summed E-state index contributed by atoms with van der Waals surface area (Å²) < 4.78 is 17.3. The van der Waals surface area contributed by atoms with Crippen LogP contribution in [0, 0.1) is 6.92 Å². The van der Waals surface area contributed by atoms with E-state index in [1.54, 1.807) is 0 Å². The molecule has 7 aromatic rings. The maximum atomic E-state index is 8.65. The van der Waals surface area contributed by atoms with Gasteiger partial charge in [0.15, 0.2) is 0 Å². The van der Waals surface area contributed by atoms with E-state index in [4.69, 9.17) is 8.23 Å². The quantitative estimate of drug-likeness (QED) is 0.0410. The predicted molar refractivity (Wildman–Crippen MR) is 254 cm³/mol.